The van der Waals surface area contributed by atoms with Crippen molar-refractivity contribution in [2.75, 3.05) is 28.3 Å². The molecule has 1 aliphatic heterocycles. The minimum absolute atomic E-state index is 0.0665. The Morgan fingerprint density at radius 2 is 2.24 bits per heavy atom. The van der Waals surface area contributed by atoms with Gasteiger partial charge in [-0.25, -0.2) is 8.42 Å². The molecule has 116 valence electrons. The number of carbonyl (C=O) groups excluding carboxylic acids is 1. The zero-order chi connectivity index (χ0) is 15.5. The molecule has 3 N–H and O–H groups in total. The molecular formula is C14H20N2O3S2. The van der Waals surface area contributed by atoms with E-state index in [2.05, 4.69) is 12.2 Å². The van der Waals surface area contributed by atoms with E-state index in [4.69, 9.17) is 5.73 Å². The van der Waals surface area contributed by atoms with Gasteiger partial charge >= 0.3 is 0 Å². The maximum Gasteiger partial charge on any atom is 0.228 e. The first-order valence-corrected chi connectivity index (χ1v) is 9.75. The van der Waals surface area contributed by atoms with E-state index in [1.165, 1.54) is 0 Å². The molecule has 5 nitrogen and oxygen atoms in total. The summed E-state index contributed by atoms with van der Waals surface area (Å²) in [5, 5.41) is 2.77. The summed E-state index contributed by atoms with van der Waals surface area (Å²) in [6, 6.07) is 5.53. The van der Waals surface area contributed by atoms with Crippen LogP contribution >= 0.6 is 11.8 Å². The van der Waals surface area contributed by atoms with Crippen LogP contribution in [0.4, 0.5) is 11.4 Å². The van der Waals surface area contributed by atoms with Gasteiger partial charge in [0, 0.05) is 4.90 Å². The van der Waals surface area contributed by atoms with Crippen molar-refractivity contribution in [1.29, 1.82) is 0 Å². The van der Waals surface area contributed by atoms with Gasteiger partial charge in [-0.05, 0) is 36.8 Å². The molecule has 1 aromatic carbocycles. The third-order valence-electron chi connectivity index (χ3n) is 3.36. The predicted molar refractivity (Wildman–Crippen MR) is 87.3 cm³/mol. The smallest absolute Gasteiger partial charge is 0.228 e. The van der Waals surface area contributed by atoms with Gasteiger partial charge in [0.2, 0.25) is 5.91 Å². The number of carbonyl (C=O) groups is 1. The Hall–Kier alpha value is -1.21. The fourth-order valence-electron chi connectivity index (χ4n) is 2.19. The van der Waals surface area contributed by atoms with Gasteiger partial charge in [-0.3, -0.25) is 4.79 Å². The first kappa shape index (κ1) is 16.2. The monoisotopic (exact) mass is 328 g/mol. The fraction of sp³-hybridized carbons (Fsp3) is 0.500. The molecule has 1 fully saturated rings. The van der Waals surface area contributed by atoms with Crippen molar-refractivity contribution in [3.8, 4) is 0 Å². The highest BCUT2D eigenvalue weighted by molar-refractivity contribution is 7.99. The number of anilines is 2. The van der Waals surface area contributed by atoms with Gasteiger partial charge in [0.15, 0.2) is 9.84 Å². The molecule has 0 aromatic heterocycles. The zero-order valence-electron chi connectivity index (χ0n) is 12.0. The van der Waals surface area contributed by atoms with Gasteiger partial charge in [0.25, 0.3) is 0 Å². The molecule has 1 saturated heterocycles. The number of benzene rings is 1. The normalized spacial score (nSPS) is 20.3. The van der Waals surface area contributed by atoms with Crippen LogP contribution in [0, 0.1) is 5.92 Å². The second-order valence-corrected chi connectivity index (χ2v) is 8.58. The van der Waals surface area contributed by atoms with Gasteiger partial charge in [-0.2, -0.15) is 0 Å². The van der Waals surface area contributed by atoms with Crippen molar-refractivity contribution in [2.45, 2.75) is 24.7 Å². The summed E-state index contributed by atoms with van der Waals surface area (Å²) in [5.74, 6) is 0.287. The lowest BCUT2D eigenvalue weighted by atomic mass is 10.1. The third kappa shape index (κ3) is 4.38. The minimum Gasteiger partial charge on any atom is -0.397 e. The molecule has 0 aliphatic carbocycles. The van der Waals surface area contributed by atoms with Crippen LogP contribution in [0.3, 0.4) is 0 Å². The van der Waals surface area contributed by atoms with Crippen molar-refractivity contribution in [1.82, 2.24) is 0 Å². The molecule has 0 spiro atoms. The van der Waals surface area contributed by atoms with E-state index < -0.39 is 15.8 Å². The molecular weight excluding hydrogens is 308 g/mol. The number of nitrogens with one attached hydrogen (secondary N) is 1. The lowest BCUT2D eigenvalue weighted by molar-refractivity contribution is -0.119. The average Bonchev–Trinajstić information content (AvgIpc) is 2.80. The Balaban J connectivity index is 2.06. The average molecular weight is 328 g/mol. The molecule has 0 bridgehead atoms. The van der Waals surface area contributed by atoms with Crippen molar-refractivity contribution >= 4 is 38.9 Å². The van der Waals surface area contributed by atoms with Crippen molar-refractivity contribution in [2.24, 2.45) is 5.92 Å². The lowest BCUT2D eigenvalue weighted by Gasteiger charge is -2.12. The van der Waals surface area contributed by atoms with E-state index in [0.717, 1.165) is 17.1 Å². The van der Waals surface area contributed by atoms with Gasteiger partial charge < -0.3 is 11.1 Å². The molecule has 21 heavy (non-hydrogen) atoms. The zero-order valence-corrected chi connectivity index (χ0v) is 13.6. The number of thioether (sulfide) groups is 1. The van der Waals surface area contributed by atoms with Gasteiger partial charge in [-0.1, -0.05) is 6.92 Å². The van der Waals surface area contributed by atoms with E-state index in [1.54, 1.807) is 17.8 Å². The highest BCUT2D eigenvalue weighted by Crippen LogP contribution is 2.28. The maximum atomic E-state index is 12.1. The third-order valence-corrected chi connectivity index (χ3v) is 6.33. The number of hydrogen-bond acceptors (Lipinski definition) is 5. The Bertz CT molecular complexity index is 629. The molecule has 1 aromatic rings. The Kier molecular flexibility index (Phi) is 5.16. The van der Waals surface area contributed by atoms with Crippen LogP contribution in [0.15, 0.2) is 23.1 Å². The molecule has 0 saturated carbocycles. The van der Waals surface area contributed by atoms with Crippen molar-refractivity contribution < 1.29 is 13.2 Å². The van der Waals surface area contributed by atoms with Crippen LogP contribution in [0.5, 0.6) is 0 Å². The topological polar surface area (TPSA) is 89.3 Å². The summed E-state index contributed by atoms with van der Waals surface area (Å²) in [6.45, 7) is 2.10. The van der Waals surface area contributed by atoms with E-state index in [1.807, 2.05) is 12.1 Å². The second kappa shape index (κ2) is 6.70. The summed E-state index contributed by atoms with van der Waals surface area (Å²) in [7, 11) is -3.06. The van der Waals surface area contributed by atoms with Gasteiger partial charge in [0.1, 0.15) is 0 Å². The van der Waals surface area contributed by atoms with Crippen molar-refractivity contribution in [3.63, 3.8) is 0 Å². The molecule has 1 atom stereocenters. The molecule has 1 amide bonds. The lowest BCUT2D eigenvalue weighted by Crippen LogP contribution is -2.24. The van der Waals surface area contributed by atoms with E-state index in [9.17, 15) is 13.2 Å². The number of nitrogen functional groups attached to an aromatic ring is 1. The highest BCUT2D eigenvalue weighted by Gasteiger charge is 2.33. The van der Waals surface area contributed by atoms with Crippen LogP contribution in [0.25, 0.3) is 0 Å². The van der Waals surface area contributed by atoms with Gasteiger partial charge in [0.05, 0.1) is 28.8 Å². The summed E-state index contributed by atoms with van der Waals surface area (Å²) in [5.41, 5.74) is 6.93. The summed E-state index contributed by atoms with van der Waals surface area (Å²) in [6.07, 6.45) is 1.45. The summed E-state index contributed by atoms with van der Waals surface area (Å²) < 4.78 is 22.9. The second-order valence-electron chi connectivity index (χ2n) is 5.19. The van der Waals surface area contributed by atoms with E-state index >= 15 is 0 Å². The van der Waals surface area contributed by atoms with Crippen LogP contribution < -0.4 is 11.1 Å². The van der Waals surface area contributed by atoms with Crippen LogP contribution in [-0.4, -0.2) is 31.6 Å². The van der Waals surface area contributed by atoms with Gasteiger partial charge in [-0.15, -0.1) is 11.8 Å². The highest BCUT2D eigenvalue weighted by atomic mass is 32.2. The standard InChI is InChI=1S/C14H20N2O3S2/c1-2-6-20-11-3-4-12(15)13(8-11)16-14(17)10-5-7-21(18,19)9-10/h3-4,8,10H,2,5-7,9,15H2,1H3,(H,16,17). The predicted octanol–water partition coefficient (Wildman–Crippen LogP) is 2.14. The van der Waals surface area contributed by atoms with Crippen LogP contribution in [0.1, 0.15) is 19.8 Å². The molecule has 0 radical (unpaired) electrons. The Morgan fingerprint density at radius 3 is 2.86 bits per heavy atom. The molecule has 1 heterocycles. The largest absolute Gasteiger partial charge is 0.397 e. The SMILES string of the molecule is CCCSc1ccc(N)c(NC(=O)C2CCS(=O)(=O)C2)c1. The number of amides is 1. The first-order chi connectivity index (χ1) is 9.91. The van der Waals surface area contributed by atoms with Crippen LogP contribution in [0.2, 0.25) is 0 Å². The van der Waals surface area contributed by atoms with Crippen molar-refractivity contribution in [3.05, 3.63) is 18.2 Å². The maximum absolute atomic E-state index is 12.1. The van der Waals surface area contributed by atoms with E-state index in [0.29, 0.717) is 17.8 Å². The number of rotatable bonds is 5. The Labute approximate surface area is 129 Å². The molecule has 7 heteroatoms. The van der Waals surface area contributed by atoms with E-state index in [-0.39, 0.29) is 17.4 Å². The number of hydrogen-bond donors (Lipinski definition) is 2. The Morgan fingerprint density at radius 1 is 1.48 bits per heavy atom. The number of nitrogens with two attached hydrogens (primary N) is 1. The molecule has 1 aliphatic rings. The minimum atomic E-state index is -3.06. The first-order valence-electron chi connectivity index (χ1n) is 6.95. The number of sulfone groups is 1. The van der Waals surface area contributed by atoms with Crippen LogP contribution in [-0.2, 0) is 14.6 Å². The quantitative estimate of drug-likeness (QED) is 0.638. The summed E-state index contributed by atoms with van der Waals surface area (Å²) in [4.78, 5) is 13.2. The molecule has 2 rings (SSSR count). The fourth-order valence-corrected chi connectivity index (χ4v) is 4.74. The molecule has 1 unspecified atom stereocenters. The summed E-state index contributed by atoms with van der Waals surface area (Å²) >= 11 is 1.70.